The second-order valence-electron chi connectivity index (χ2n) is 6.24. The quantitative estimate of drug-likeness (QED) is 0.897. The Kier molecular flexibility index (Phi) is 5.30. The molecular weight excluding hydrogens is 322 g/mol. The van der Waals surface area contributed by atoms with Crippen molar-refractivity contribution in [3.8, 4) is 0 Å². The van der Waals surface area contributed by atoms with Crippen LogP contribution in [0.5, 0.6) is 0 Å². The van der Waals surface area contributed by atoms with E-state index >= 15 is 0 Å². The van der Waals surface area contributed by atoms with E-state index in [4.69, 9.17) is 0 Å². The minimum Gasteiger partial charge on any atom is -0.363 e. The minimum atomic E-state index is 0.0981. The first kappa shape index (κ1) is 16.7. The zero-order valence-corrected chi connectivity index (χ0v) is 14.9. The van der Waals surface area contributed by atoms with Gasteiger partial charge in [0.15, 0.2) is 0 Å². The summed E-state index contributed by atoms with van der Waals surface area (Å²) in [4.78, 5) is 26.2. The first-order valence-electron chi connectivity index (χ1n) is 8.18. The summed E-state index contributed by atoms with van der Waals surface area (Å²) in [7, 11) is 3.94. The van der Waals surface area contributed by atoms with Crippen molar-refractivity contribution in [2.75, 3.05) is 37.0 Å². The molecule has 0 unspecified atom stereocenters. The predicted octanol–water partition coefficient (Wildman–Crippen LogP) is 1.93. The molecule has 6 nitrogen and oxygen atoms in total. The summed E-state index contributed by atoms with van der Waals surface area (Å²) >= 11 is 1.62. The molecule has 1 aliphatic rings. The zero-order valence-electron chi connectivity index (χ0n) is 14.1. The number of amides is 1. The normalized spacial score (nSPS) is 17.6. The smallest absolute Gasteiger partial charge is 0.225 e. The standard InChI is InChI=1S/C17H23N5OS/c1-21(2)15-10-16(19-12-18-15)22-7-3-5-13(11-22)20-17(23)9-14-6-4-8-24-14/h4,6,8,10,12-13H,3,5,7,9,11H2,1-2H3,(H,20,23)/t13-/m0/s1. The molecule has 0 spiro atoms. The fraction of sp³-hybridized carbons (Fsp3) is 0.471. The average Bonchev–Trinajstić information content (AvgIpc) is 3.08. The van der Waals surface area contributed by atoms with Gasteiger partial charge in [-0.1, -0.05) is 6.07 Å². The van der Waals surface area contributed by atoms with E-state index in [0.29, 0.717) is 6.42 Å². The third kappa shape index (κ3) is 4.23. The van der Waals surface area contributed by atoms with Crippen molar-refractivity contribution >= 4 is 28.9 Å². The Bertz CT molecular complexity index is 673. The number of carbonyl (C=O) groups excluding carboxylic acids is 1. The summed E-state index contributed by atoms with van der Waals surface area (Å²) < 4.78 is 0. The van der Waals surface area contributed by atoms with Gasteiger partial charge >= 0.3 is 0 Å². The minimum absolute atomic E-state index is 0.0981. The second kappa shape index (κ2) is 7.61. The van der Waals surface area contributed by atoms with Crippen molar-refractivity contribution in [2.24, 2.45) is 0 Å². The molecule has 2 aromatic heterocycles. The van der Waals surface area contributed by atoms with Crippen molar-refractivity contribution < 1.29 is 4.79 Å². The van der Waals surface area contributed by atoms with Crippen LogP contribution < -0.4 is 15.1 Å². The maximum atomic E-state index is 12.2. The Morgan fingerprint density at radius 3 is 3.08 bits per heavy atom. The molecule has 1 N–H and O–H groups in total. The van der Waals surface area contributed by atoms with Crippen LogP contribution in [0.25, 0.3) is 0 Å². The molecule has 0 bridgehead atoms. The zero-order chi connectivity index (χ0) is 16.9. The van der Waals surface area contributed by atoms with E-state index in [-0.39, 0.29) is 11.9 Å². The molecule has 0 saturated carbocycles. The van der Waals surface area contributed by atoms with Crippen LogP contribution in [0.1, 0.15) is 17.7 Å². The summed E-state index contributed by atoms with van der Waals surface area (Å²) in [6.45, 7) is 1.75. The highest BCUT2D eigenvalue weighted by molar-refractivity contribution is 7.10. The van der Waals surface area contributed by atoms with E-state index in [1.54, 1.807) is 17.7 Å². The first-order chi connectivity index (χ1) is 11.6. The van der Waals surface area contributed by atoms with Gasteiger partial charge in [0.25, 0.3) is 0 Å². The monoisotopic (exact) mass is 345 g/mol. The van der Waals surface area contributed by atoms with Gasteiger partial charge in [-0.2, -0.15) is 0 Å². The van der Waals surface area contributed by atoms with E-state index < -0.39 is 0 Å². The second-order valence-corrected chi connectivity index (χ2v) is 7.27. The molecule has 7 heteroatoms. The molecular formula is C17H23N5OS. The molecule has 1 fully saturated rings. The fourth-order valence-electron chi connectivity index (χ4n) is 2.91. The third-order valence-corrected chi connectivity index (χ3v) is 5.00. The highest BCUT2D eigenvalue weighted by atomic mass is 32.1. The van der Waals surface area contributed by atoms with Crippen molar-refractivity contribution in [1.82, 2.24) is 15.3 Å². The van der Waals surface area contributed by atoms with Crippen LogP contribution >= 0.6 is 11.3 Å². The van der Waals surface area contributed by atoms with Crippen molar-refractivity contribution in [2.45, 2.75) is 25.3 Å². The van der Waals surface area contributed by atoms with E-state index in [2.05, 4.69) is 20.2 Å². The number of thiophene rings is 1. The van der Waals surface area contributed by atoms with Crippen molar-refractivity contribution in [3.05, 3.63) is 34.8 Å². The van der Waals surface area contributed by atoms with Gasteiger partial charge in [0, 0.05) is 44.2 Å². The molecule has 0 aromatic carbocycles. The molecule has 1 saturated heterocycles. The molecule has 1 aliphatic heterocycles. The maximum absolute atomic E-state index is 12.2. The van der Waals surface area contributed by atoms with Gasteiger partial charge in [0.2, 0.25) is 5.91 Å². The Morgan fingerprint density at radius 2 is 2.33 bits per heavy atom. The summed E-state index contributed by atoms with van der Waals surface area (Å²) in [6.07, 6.45) is 4.12. The van der Waals surface area contributed by atoms with Crippen LogP contribution in [0.2, 0.25) is 0 Å². The fourth-order valence-corrected chi connectivity index (χ4v) is 3.61. The van der Waals surface area contributed by atoms with Crippen LogP contribution in [0.3, 0.4) is 0 Å². The third-order valence-electron chi connectivity index (χ3n) is 4.12. The number of hydrogen-bond donors (Lipinski definition) is 1. The van der Waals surface area contributed by atoms with Crippen molar-refractivity contribution in [3.63, 3.8) is 0 Å². The van der Waals surface area contributed by atoms with Gasteiger partial charge in [-0.3, -0.25) is 4.79 Å². The molecule has 1 atom stereocenters. The number of nitrogens with one attached hydrogen (secondary N) is 1. The van der Waals surface area contributed by atoms with Gasteiger partial charge in [0.05, 0.1) is 6.42 Å². The summed E-state index contributed by atoms with van der Waals surface area (Å²) in [5, 5.41) is 5.17. The number of hydrogen-bond acceptors (Lipinski definition) is 6. The van der Waals surface area contributed by atoms with Gasteiger partial charge in [-0.05, 0) is 24.3 Å². The summed E-state index contributed by atoms with van der Waals surface area (Å²) in [6, 6.07) is 6.15. The molecule has 128 valence electrons. The number of carbonyl (C=O) groups is 1. The Hall–Kier alpha value is -2.15. The van der Waals surface area contributed by atoms with Crippen LogP contribution in [0.4, 0.5) is 11.6 Å². The summed E-state index contributed by atoms with van der Waals surface area (Å²) in [5.74, 6) is 1.91. The largest absolute Gasteiger partial charge is 0.363 e. The van der Waals surface area contributed by atoms with Gasteiger partial charge in [0.1, 0.15) is 18.0 Å². The highest BCUT2D eigenvalue weighted by Gasteiger charge is 2.23. The maximum Gasteiger partial charge on any atom is 0.225 e. The van der Waals surface area contributed by atoms with Gasteiger partial charge in [-0.25, -0.2) is 9.97 Å². The average molecular weight is 345 g/mol. The number of anilines is 2. The predicted molar refractivity (Wildman–Crippen MR) is 97.8 cm³/mol. The Balaban J connectivity index is 1.60. The molecule has 24 heavy (non-hydrogen) atoms. The lowest BCUT2D eigenvalue weighted by Gasteiger charge is -2.34. The van der Waals surface area contributed by atoms with Crippen LogP contribution in [0, 0.1) is 0 Å². The van der Waals surface area contributed by atoms with E-state index in [1.807, 2.05) is 42.6 Å². The Labute approximate surface area is 146 Å². The highest BCUT2D eigenvalue weighted by Crippen LogP contribution is 2.20. The van der Waals surface area contributed by atoms with E-state index in [1.165, 1.54) is 0 Å². The molecule has 0 radical (unpaired) electrons. The van der Waals surface area contributed by atoms with E-state index in [9.17, 15) is 4.79 Å². The molecule has 0 aliphatic carbocycles. The molecule has 3 rings (SSSR count). The number of nitrogens with zero attached hydrogens (tertiary/aromatic N) is 4. The topological polar surface area (TPSA) is 61.4 Å². The number of aromatic nitrogens is 2. The first-order valence-corrected chi connectivity index (χ1v) is 9.06. The summed E-state index contributed by atoms with van der Waals surface area (Å²) in [5.41, 5.74) is 0. The van der Waals surface area contributed by atoms with Gasteiger partial charge in [-0.15, -0.1) is 11.3 Å². The molecule has 3 heterocycles. The lowest BCUT2D eigenvalue weighted by atomic mass is 10.1. The Morgan fingerprint density at radius 1 is 1.46 bits per heavy atom. The number of rotatable bonds is 5. The number of piperidine rings is 1. The van der Waals surface area contributed by atoms with Gasteiger partial charge < -0.3 is 15.1 Å². The van der Waals surface area contributed by atoms with Crippen LogP contribution in [0.15, 0.2) is 29.9 Å². The lowest BCUT2D eigenvalue weighted by Crippen LogP contribution is -2.48. The molecule has 2 aromatic rings. The van der Waals surface area contributed by atoms with E-state index in [0.717, 1.165) is 42.4 Å². The molecule has 1 amide bonds. The lowest BCUT2D eigenvalue weighted by molar-refractivity contribution is -0.121. The van der Waals surface area contributed by atoms with Crippen LogP contribution in [-0.2, 0) is 11.2 Å². The van der Waals surface area contributed by atoms with Crippen LogP contribution in [-0.4, -0.2) is 49.1 Å². The van der Waals surface area contributed by atoms with Crippen molar-refractivity contribution in [1.29, 1.82) is 0 Å². The SMILES string of the molecule is CN(C)c1cc(N2CCC[C@H](NC(=O)Cc3cccs3)C2)ncn1.